The fourth-order valence-corrected chi connectivity index (χ4v) is 4.07. The van der Waals surface area contributed by atoms with Gasteiger partial charge < -0.3 is 9.84 Å². The molecule has 3 rings (SSSR count). The van der Waals surface area contributed by atoms with Crippen molar-refractivity contribution in [1.82, 2.24) is 15.5 Å². The van der Waals surface area contributed by atoms with Crippen LogP contribution in [0, 0.1) is 5.92 Å². The van der Waals surface area contributed by atoms with Crippen LogP contribution in [0.3, 0.4) is 0 Å². The fourth-order valence-electron chi connectivity index (χ4n) is 4.07. The number of aromatic nitrogens is 2. The molecule has 0 radical (unpaired) electrons. The Bertz CT molecular complexity index is 445. The predicted molar refractivity (Wildman–Crippen MR) is 83.3 cm³/mol. The molecule has 0 saturated heterocycles. The maximum absolute atomic E-state index is 5.64. The first kappa shape index (κ1) is 15.0. The summed E-state index contributed by atoms with van der Waals surface area (Å²) in [6.07, 6.45) is 9.97. The van der Waals surface area contributed by atoms with E-state index in [0.717, 1.165) is 24.2 Å². The Labute approximate surface area is 128 Å². The fraction of sp³-hybridized carbons (Fsp3) is 0.882. The summed E-state index contributed by atoms with van der Waals surface area (Å²) in [6, 6.07) is 0.533. The smallest absolute Gasteiger partial charge is 0.231 e. The van der Waals surface area contributed by atoms with Crippen LogP contribution in [-0.4, -0.2) is 22.7 Å². The molecule has 1 heterocycles. The molecule has 1 N–H and O–H groups in total. The average molecular weight is 291 g/mol. The van der Waals surface area contributed by atoms with Crippen molar-refractivity contribution in [2.75, 3.05) is 6.54 Å². The summed E-state index contributed by atoms with van der Waals surface area (Å²) in [5.74, 6) is 3.69. The highest BCUT2D eigenvalue weighted by atomic mass is 16.5. The molecule has 2 aliphatic rings. The van der Waals surface area contributed by atoms with Gasteiger partial charge in [-0.1, -0.05) is 31.8 Å². The molecule has 0 amide bonds. The van der Waals surface area contributed by atoms with E-state index >= 15 is 0 Å². The Balaban J connectivity index is 1.64. The van der Waals surface area contributed by atoms with E-state index in [4.69, 9.17) is 9.51 Å². The van der Waals surface area contributed by atoms with Crippen LogP contribution in [0.25, 0.3) is 0 Å². The normalized spacial score (nSPS) is 32.9. The van der Waals surface area contributed by atoms with E-state index in [2.05, 4.69) is 24.3 Å². The van der Waals surface area contributed by atoms with E-state index in [1.165, 1.54) is 51.4 Å². The van der Waals surface area contributed by atoms with Gasteiger partial charge in [0.2, 0.25) is 5.89 Å². The number of nitrogens with one attached hydrogen (secondary N) is 1. The van der Waals surface area contributed by atoms with Crippen LogP contribution in [0.4, 0.5) is 0 Å². The van der Waals surface area contributed by atoms with Crippen molar-refractivity contribution in [3.05, 3.63) is 11.7 Å². The zero-order valence-corrected chi connectivity index (χ0v) is 13.5. The summed E-state index contributed by atoms with van der Waals surface area (Å²) >= 11 is 0. The minimum absolute atomic E-state index is 0.432. The van der Waals surface area contributed by atoms with Crippen molar-refractivity contribution in [2.24, 2.45) is 5.92 Å². The Morgan fingerprint density at radius 3 is 2.86 bits per heavy atom. The molecule has 1 aromatic heterocycles. The molecule has 118 valence electrons. The van der Waals surface area contributed by atoms with Gasteiger partial charge in [0, 0.05) is 12.0 Å². The first-order valence-electron chi connectivity index (χ1n) is 8.88. The van der Waals surface area contributed by atoms with Crippen LogP contribution in [-0.2, 0) is 0 Å². The summed E-state index contributed by atoms with van der Waals surface area (Å²) in [6.45, 7) is 5.59. The molecule has 4 unspecified atom stereocenters. The molecule has 2 saturated carbocycles. The number of hydrogen-bond donors (Lipinski definition) is 1. The molecule has 4 nitrogen and oxygen atoms in total. The van der Waals surface area contributed by atoms with Crippen molar-refractivity contribution in [1.29, 1.82) is 0 Å². The Kier molecular flexibility index (Phi) is 4.94. The zero-order chi connectivity index (χ0) is 14.7. The molecule has 0 bridgehead atoms. The van der Waals surface area contributed by atoms with Crippen molar-refractivity contribution in [3.63, 3.8) is 0 Å². The summed E-state index contributed by atoms with van der Waals surface area (Å²) in [5, 5.41) is 7.96. The van der Waals surface area contributed by atoms with E-state index in [9.17, 15) is 0 Å². The van der Waals surface area contributed by atoms with Gasteiger partial charge >= 0.3 is 0 Å². The van der Waals surface area contributed by atoms with Gasteiger partial charge in [0.05, 0.1) is 5.92 Å². The minimum atomic E-state index is 0.432. The predicted octanol–water partition coefficient (Wildman–Crippen LogP) is 4.00. The quantitative estimate of drug-likeness (QED) is 0.860. The largest absolute Gasteiger partial charge is 0.339 e. The van der Waals surface area contributed by atoms with Crippen LogP contribution in [0.2, 0.25) is 0 Å². The van der Waals surface area contributed by atoms with Gasteiger partial charge in [0.15, 0.2) is 5.82 Å². The lowest BCUT2D eigenvalue weighted by molar-refractivity contribution is 0.326. The van der Waals surface area contributed by atoms with Gasteiger partial charge in [-0.25, -0.2) is 0 Å². The second-order valence-corrected chi connectivity index (χ2v) is 6.87. The van der Waals surface area contributed by atoms with Crippen molar-refractivity contribution in [3.8, 4) is 0 Å². The Morgan fingerprint density at radius 2 is 2.10 bits per heavy atom. The number of hydrogen-bond acceptors (Lipinski definition) is 4. The highest BCUT2D eigenvalue weighted by Crippen LogP contribution is 2.40. The molecule has 2 aliphatic carbocycles. The van der Waals surface area contributed by atoms with E-state index < -0.39 is 0 Å². The standard InChI is InChI=1S/C17H29N3O/c1-3-10-18-15-7-5-6-14(15)17-19-16(20-21-17)13-9-8-12(4-2)11-13/h12-15,18H,3-11H2,1-2H3. The average Bonchev–Trinajstić information content (AvgIpc) is 3.22. The highest BCUT2D eigenvalue weighted by Gasteiger charge is 2.34. The van der Waals surface area contributed by atoms with Gasteiger partial charge in [-0.3, -0.25) is 0 Å². The van der Waals surface area contributed by atoms with E-state index in [1.807, 2.05) is 0 Å². The first-order chi connectivity index (χ1) is 10.3. The Hall–Kier alpha value is -0.900. The summed E-state index contributed by atoms with van der Waals surface area (Å²) in [4.78, 5) is 4.78. The van der Waals surface area contributed by atoms with Crippen LogP contribution in [0.1, 0.15) is 88.8 Å². The lowest BCUT2D eigenvalue weighted by Gasteiger charge is -2.17. The maximum Gasteiger partial charge on any atom is 0.231 e. The van der Waals surface area contributed by atoms with Crippen molar-refractivity contribution >= 4 is 0 Å². The van der Waals surface area contributed by atoms with Crippen LogP contribution in [0.15, 0.2) is 4.52 Å². The summed E-state index contributed by atoms with van der Waals surface area (Å²) in [5.41, 5.74) is 0. The van der Waals surface area contributed by atoms with Gasteiger partial charge in [-0.15, -0.1) is 0 Å². The second-order valence-electron chi connectivity index (χ2n) is 6.87. The number of rotatable bonds is 6. The highest BCUT2D eigenvalue weighted by molar-refractivity contribution is 5.06. The summed E-state index contributed by atoms with van der Waals surface area (Å²) in [7, 11) is 0. The Morgan fingerprint density at radius 1 is 1.19 bits per heavy atom. The van der Waals surface area contributed by atoms with Gasteiger partial charge in [0.1, 0.15) is 0 Å². The van der Waals surface area contributed by atoms with Crippen LogP contribution in [0.5, 0.6) is 0 Å². The van der Waals surface area contributed by atoms with Gasteiger partial charge in [-0.05, 0) is 51.0 Å². The monoisotopic (exact) mass is 291 g/mol. The first-order valence-corrected chi connectivity index (χ1v) is 8.88. The topological polar surface area (TPSA) is 51.0 Å². The molecular formula is C17H29N3O. The molecule has 21 heavy (non-hydrogen) atoms. The van der Waals surface area contributed by atoms with Gasteiger partial charge in [-0.2, -0.15) is 4.98 Å². The lowest BCUT2D eigenvalue weighted by Crippen LogP contribution is -2.31. The molecule has 4 heteroatoms. The second kappa shape index (κ2) is 6.91. The van der Waals surface area contributed by atoms with E-state index in [1.54, 1.807) is 0 Å². The molecule has 0 aromatic carbocycles. The van der Waals surface area contributed by atoms with Crippen molar-refractivity contribution in [2.45, 2.75) is 83.1 Å². The zero-order valence-electron chi connectivity index (χ0n) is 13.5. The molecule has 0 spiro atoms. The van der Waals surface area contributed by atoms with Gasteiger partial charge in [0.25, 0.3) is 0 Å². The lowest BCUT2D eigenvalue weighted by atomic mass is 10.0. The third-order valence-corrected chi connectivity index (χ3v) is 5.43. The van der Waals surface area contributed by atoms with Crippen LogP contribution >= 0.6 is 0 Å². The van der Waals surface area contributed by atoms with Crippen molar-refractivity contribution < 1.29 is 4.52 Å². The summed E-state index contributed by atoms with van der Waals surface area (Å²) < 4.78 is 5.64. The van der Waals surface area contributed by atoms with Crippen LogP contribution < -0.4 is 5.32 Å². The minimum Gasteiger partial charge on any atom is -0.339 e. The van der Waals surface area contributed by atoms with E-state index in [-0.39, 0.29) is 0 Å². The molecule has 2 fully saturated rings. The third kappa shape index (κ3) is 3.31. The molecule has 1 aromatic rings. The molecular weight excluding hydrogens is 262 g/mol. The molecule has 4 atom stereocenters. The SMILES string of the molecule is CCCNC1CCCC1c1nc(C2CCC(CC)C2)no1. The number of nitrogens with zero attached hydrogens (tertiary/aromatic N) is 2. The molecule has 0 aliphatic heterocycles. The van der Waals surface area contributed by atoms with E-state index in [0.29, 0.717) is 17.9 Å². The third-order valence-electron chi connectivity index (χ3n) is 5.43. The maximum atomic E-state index is 5.64.